The molecule has 0 N–H and O–H groups in total. The second kappa shape index (κ2) is 22.9. The maximum absolute atomic E-state index is 11.0. The summed E-state index contributed by atoms with van der Waals surface area (Å²) in [5, 5.41) is 19.7. The van der Waals surface area contributed by atoms with Crippen molar-refractivity contribution in [1.82, 2.24) is 0 Å². The highest BCUT2D eigenvalue weighted by Crippen LogP contribution is 2.39. The first-order valence-electron chi connectivity index (χ1n) is 23.1. The summed E-state index contributed by atoms with van der Waals surface area (Å²) in [4.78, 5) is 12.8. The third-order valence-electron chi connectivity index (χ3n) is 11.7. The maximum Gasteiger partial charge on any atom is 0.269 e. The Balaban J connectivity index is 1.11. The molecule has 0 spiro atoms. The van der Waals surface area contributed by atoms with Crippen molar-refractivity contribution in [2.75, 3.05) is 70.8 Å². The molecule has 6 aromatic carbocycles. The molecule has 342 valence electrons. The van der Waals surface area contributed by atoms with Gasteiger partial charge in [-0.15, -0.1) is 0 Å². The molecule has 9 rings (SSSR count). The number of fused-ring (bicyclic) bond motifs is 12. The number of azo groups is 1. The molecule has 2 heterocycles. The molecule has 0 radical (unpaired) electrons. The van der Waals surface area contributed by atoms with E-state index in [1.54, 1.807) is 12.1 Å². The average Bonchev–Trinajstić information content (AvgIpc) is 3.33. The Morgan fingerprint density at radius 1 is 0.515 bits per heavy atom. The number of anilines is 1. The maximum atomic E-state index is 11.0. The van der Waals surface area contributed by atoms with Crippen LogP contribution in [-0.4, -0.2) is 70.9 Å². The van der Waals surface area contributed by atoms with E-state index in [1.807, 2.05) is 24.3 Å². The average molecular weight is 891 g/mol. The number of hydrogen-bond donors (Lipinski definition) is 0. The van der Waals surface area contributed by atoms with E-state index in [-0.39, 0.29) is 5.69 Å². The van der Waals surface area contributed by atoms with Crippen LogP contribution in [-0.2, 0) is 35.2 Å². The van der Waals surface area contributed by atoms with Crippen LogP contribution < -0.4 is 23.8 Å². The van der Waals surface area contributed by atoms with Gasteiger partial charge in [-0.3, -0.25) is 10.1 Å². The van der Waals surface area contributed by atoms with Crippen LogP contribution in [0.4, 0.5) is 22.7 Å². The Bertz CT molecular complexity index is 2370. The van der Waals surface area contributed by atoms with Crippen molar-refractivity contribution < 1.29 is 33.3 Å². The summed E-state index contributed by atoms with van der Waals surface area (Å²) in [5.74, 6) is 3.55. The fraction of sp³-hybridized carbons (Fsp3) is 0.333. The van der Waals surface area contributed by atoms with Gasteiger partial charge in [0.1, 0.15) is 36.2 Å². The number of ether oxygens (including phenoxy) is 6. The van der Waals surface area contributed by atoms with Crippen LogP contribution in [0.3, 0.4) is 0 Å². The third kappa shape index (κ3) is 11.7. The monoisotopic (exact) mass is 890 g/mol. The number of rotatable bonds is 10. The number of nitrogens with zero attached hydrogens (tertiary/aromatic N) is 4. The summed E-state index contributed by atoms with van der Waals surface area (Å²) < 4.78 is 39.4. The lowest BCUT2D eigenvalue weighted by Crippen LogP contribution is -2.31. The summed E-state index contributed by atoms with van der Waals surface area (Å²) in [6.07, 6.45) is 4.30. The molecule has 0 unspecified atom stereocenters. The topological polar surface area (TPSA) is 126 Å². The first-order valence-corrected chi connectivity index (χ1v) is 23.1. The van der Waals surface area contributed by atoms with Crippen molar-refractivity contribution >= 4 is 22.7 Å². The predicted octanol–water partition coefficient (Wildman–Crippen LogP) is 11.6. The largest absolute Gasteiger partial charge is 0.493 e. The summed E-state index contributed by atoms with van der Waals surface area (Å²) in [6, 6.07) is 39.7. The van der Waals surface area contributed by atoms with Crippen molar-refractivity contribution in [2.24, 2.45) is 10.2 Å². The molecule has 0 amide bonds. The molecule has 0 saturated heterocycles. The molecule has 66 heavy (non-hydrogen) atoms. The molecule has 12 heteroatoms. The minimum absolute atomic E-state index is 0.00731. The van der Waals surface area contributed by atoms with Gasteiger partial charge in [-0.25, -0.2) is 0 Å². The van der Waals surface area contributed by atoms with Crippen LogP contribution >= 0.6 is 0 Å². The Hall–Kier alpha value is -6.76. The van der Waals surface area contributed by atoms with E-state index in [2.05, 4.69) is 102 Å². The van der Waals surface area contributed by atoms with Crippen LogP contribution in [0.15, 0.2) is 132 Å². The fourth-order valence-electron chi connectivity index (χ4n) is 8.45. The number of non-ortho nitro benzene ring substituents is 1. The van der Waals surface area contributed by atoms with Gasteiger partial charge < -0.3 is 33.3 Å². The standard InChI is InChI=1S/C54H58N4O8/c1-3-27-63-51-39-9-5-10-40(51)36-44-14-8-16-46-38-42-12-6-11-41(52(42)64-28-4-2)37-45-15-7-13-43(35-39)53(45)65-33-31-61-29-25-57(26-30-62-32-34-66-54(44)46)49-21-17-47(18-22-49)55-56-48-19-23-50(24-20-48)58(59)60/h5-24H,3-4,25-38H2,1-2H3. The van der Waals surface area contributed by atoms with Gasteiger partial charge in [-0.2, -0.15) is 10.2 Å². The number of benzene rings is 6. The smallest absolute Gasteiger partial charge is 0.269 e. The van der Waals surface area contributed by atoms with E-state index in [1.165, 1.54) is 12.1 Å². The van der Waals surface area contributed by atoms with E-state index < -0.39 is 4.92 Å². The van der Waals surface area contributed by atoms with Gasteiger partial charge in [0.05, 0.1) is 55.9 Å². The predicted molar refractivity (Wildman–Crippen MR) is 257 cm³/mol. The molecule has 3 aliphatic rings. The molecule has 0 saturated carbocycles. The van der Waals surface area contributed by atoms with Crippen molar-refractivity contribution in [3.63, 3.8) is 0 Å². The van der Waals surface area contributed by atoms with Crippen LogP contribution in [0.25, 0.3) is 0 Å². The second-order valence-corrected chi connectivity index (χ2v) is 16.4. The molecule has 10 bridgehead atoms. The number of nitro benzene ring substituents is 1. The summed E-state index contributed by atoms with van der Waals surface area (Å²) in [6.45, 7) is 9.23. The highest BCUT2D eigenvalue weighted by molar-refractivity contribution is 5.57. The number of nitro groups is 1. The highest BCUT2D eigenvalue weighted by atomic mass is 16.6. The first kappa shape index (κ1) is 45.8. The lowest BCUT2D eigenvalue weighted by Gasteiger charge is -2.25. The lowest BCUT2D eigenvalue weighted by molar-refractivity contribution is -0.384. The summed E-state index contributed by atoms with van der Waals surface area (Å²) >= 11 is 0. The number of para-hydroxylation sites is 4. The molecule has 0 atom stereocenters. The van der Waals surface area contributed by atoms with Crippen LogP contribution in [0.1, 0.15) is 71.2 Å². The Kier molecular flexibility index (Phi) is 15.9. The quantitative estimate of drug-likeness (QED) is 0.0571. The highest BCUT2D eigenvalue weighted by Gasteiger charge is 2.22. The van der Waals surface area contributed by atoms with Gasteiger partial charge >= 0.3 is 0 Å². The molecular formula is C54H58N4O8. The Morgan fingerprint density at radius 2 is 0.894 bits per heavy atom. The van der Waals surface area contributed by atoms with Crippen LogP contribution in [0.2, 0.25) is 0 Å². The summed E-state index contributed by atoms with van der Waals surface area (Å²) in [7, 11) is 0. The molecule has 2 aliphatic heterocycles. The summed E-state index contributed by atoms with van der Waals surface area (Å²) in [5.41, 5.74) is 10.9. The fourth-order valence-corrected chi connectivity index (χ4v) is 8.45. The number of hydrogen-bond acceptors (Lipinski definition) is 11. The lowest BCUT2D eigenvalue weighted by atomic mass is 9.91. The minimum atomic E-state index is -0.436. The SMILES string of the molecule is CCCOc1c2cccc1Cc1cccc3c1OCCOCCN(c1ccc(N=Nc4ccc([N+](=O)[O-])cc4)cc1)CCOCCOc1c(cccc1Cc1cccc(c1OCCC)C3)C2. The van der Waals surface area contributed by atoms with Crippen molar-refractivity contribution in [3.05, 3.63) is 176 Å². The van der Waals surface area contributed by atoms with E-state index in [0.717, 1.165) is 86.0 Å². The molecule has 0 fully saturated rings. The molecule has 12 nitrogen and oxygen atoms in total. The molecule has 0 aromatic heterocycles. The molecular weight excluding hydrogens is 833 g/mol. The van der Waals surface area contributed by atoms with Gasteiger partial charge in [0, 0.05) is 56.6 Å². The zero-order valence-electron chi connectivity index (χ0n) is 37.9. The van der Waals surface area contributed by atoms with E-state index in [4.69, 9.17) is 28.4 Å². The van der Waals surface area contributed by atoms with Gasteiger partial charge in [0.25, 0.3) is 5.69 Å². The molecule has 1 aliphatic carbocycles. The zero-order valence-corrected chi connectivity index (χ0v) is 37.9. The van der Waals surface area contributed by atoms with Crippen molar-refractivity contribution in [3.8, 4) is 23.0 Å². The van der Waals surface area contributed by atoms with Crippen LogP contribution in [0, 0.1) is 10.1 Å². The van der Waals surface area contributed by atoms with Gasteiger partial charge in [-0.1, -0.05) is 86.6 Å². The van der Waals surface area contributed by atoms with Gasteiger partial charge in [-0.05, 0) is 93.7 Å². The van der Waals surface area contributed by atoms with Crippen molar-refractivity contribution in [2.45, 2.75) is 52.4 Å². The van der Waals surface area contributed by atoms with E-state index in [0.29, 0.717) is 103 Å². The van der Waals surface area contributed by atoms with E-state index >= 15 is 0 Å². The Morgan fingerprint density at radius 3 is 1.27 bits per heavy atom. The van der Waals surface area contributed by atoms with Crippen LogP contribution in [0.5, 0.6) is 23.0 Å². The Labute approximate surface area is 387 Å². The molecule has 6 aromatic rings. The van der Waals surface area contributed by atoms with E-state index in [9.17, 15) is 10.1 Å². The van der Waals surface area contributed by atoms with Gasteiger partial charge in [0.2, 0.25) is 0 Å². The third-order valence-corrected chi connectivity index (χ3v) is 11.7. The van der Waals surface area contributed by atoms with Gasteiger partial charge in [0.15, 0.2) is 0 Å². The normalized spacial score (nSPS) is 14.8. The first-order chi connectivity index (χ1) is 32.5. The minimum Gasteiger partial charge on any atom is -0.493 e. The second-order valence-electron chi connectivity index (χ2n) is 16.4. The van der Waals surface area contributed by atoms with Crippen molar-refractivity contribution in [1.29, 1.82) is 0 Å². The zero-order chi connectivity index (χ0) is 45.5.